The first kappa shape index (κ1) is 10.4. The molecular weight excluding hydrogens is 204 g/mol. The molecule has 4 nitrogen and oxygen atoms in total. The van der Waals surface area contributed by atoms with Gasteiger partial charge in [0.25, 0.3) is 0 Å². The molecule has 0 unspecified atom stereocenters. The van der Waals surface area contributed by atoms with Crippen LogP contribution < -0.4 is 4.74 Å². The number of aromatic nitrogens is 2. The molecule has 0 spiro atoms. The highest BCUT2D eigenvalue weighted by Gasteiger charge is 2.05. The Morgan fingerprint density at radius 1 is 1.06 bits per heavy atom. The van der Waals surface area contributed by atoms with Gasteiger partial charge < -0.3 is 9.84 Å². The molecule has 0 aliphatic heterocycles. The number of phenolic OH excluding ortho intramolecular Hbond substituents is 1. The van der Waals surface area contributed by atoms with Crippen LogP contribution in [-0.4, -0.2) is 15.1 Å². The van der Waals surface area contributed by atoms with Crippen LogP contribution in [-0.2, 0) is 0 Å². The third-order valence-corrected chi connectivity index (χ3v) is 2.03. The van der Waals surface area contributed by atoms with Crippen molar-refractivity contribution in [2.24, 2.45) is 0 Å². The topological polar surface area (TPSA) is 55.2 Å². The number of phenols is 1. The Kier molecular flexibility index (Phi) is 2.72. The molecular formula is C12H12N2O2. The molecule has 0 atom stereocenters. The van der Waals surface area contributed by atoms with Crippen LogP contribution in [0.25, 0.3) is 0 Å². The highest BCUT2D eigenvalue weighted by Crippen LogP contribution is 2.28. The van der Waals surface area contributed by atoms with E-state index in [-0.39, 0.29) is 11.8 Å². The fraction of sp³-hybridized carbons (Fsp3) is 0.167. The summed E-state index contributed by atoms with van der Waals surface area (Å²) in [6.45, 7) is 3.73. The van der Waals surface area contributed by atoms with Gasteiger partial charge in [0.15, 0.2) is 11.5 Å². The van der Waals surface area contributed by atoms with Crippen molar-refractivity contribution in [3.63, 3.8) is 0 Å². The summed E-state index contributed by atoms with van der Waals surface area (Å²) in [6, 6.07) is 8.83. The normalized spacial score (nSPS) is 10.1. The minimum Gasteiger partial charge on any atom is -0.504 e. The van der Waals surface area contributed by atoms with Gasteiger partial charge in [-0.2, -0.15) is 0 Å². The van der Waals surface area contributed by atoms with Crippen molar-refractivity contribution < 1.29 is 9.84 Å². The molecule has 1 aromatic heterocycles. The van der Waals surface area contributed by atoms with Crippen molar-refractivity contribution >= 4 is 0 Å². The molecule has 0 bridgehead atoms. The zero-order chi connectivity index (χ0) is 11.5. The van der Waals surface area contributed by atoms with Crippen LogP contribution in [0, 0.1) is 13.8 Å². The van der Waals surface area contributed by atoms with Gasteiger partial charge in [0.05, 0.1) is 0 Å². The minimum absolute atomic E-state index is 0.0743. The first-order valence-electron chi connectivity index (χ1n) is 4.93. The number of hydrogen-bond donors (Lipinski definition) is 1. The molecule has 1 N–H and O–H groups in total. The standard InChI is InChI=1S/C12H12N2O2/c1-8-7-9(2)14-12(13-8)16-11-6-4-3-5-10(11)15/h3-7,15H,1-2H3. The van der Waals surface area contributed by atoms with E-state index in [2.05, 4.69) is 9.97 Å². The first-order valence-corrected chi connectivity index (χ1v) is 4.93. The maximum Gasteiger partial charge on any atom is 0.322 e. The molecule has 0 amide bonds. The summed E-state index contributed by atoms with van der Waals surface area (Å²) < 4.78 is 5.40. The maximum absolute atomic E-state index is 9.53. The van der Waals surface area contributed by atoms with Gasteiger partial charge in [-0.3, -0.25) is 0 Å². The summed E-state index contributed by atoms with van der Waals surface area (Å²) in [5, 5.41) is 9.53. The summed E-state index contributed by atoms with van der Waals surface area (Å²) in [6.07, 6.45) is 0. The molecule has 0 fully saturated rings. The van der Waals surface area contributed by atoms with E-state index >= 15 is 0 Å². The van der Waals surface area contributed by atoms with Crippen LogP contribution in [0.1, 0.15) is 11.4 Å². The average molecular weight is 216 g/mol. The van der Waals surface area contributed by atoms with E-state index in [0.29, 0.717) is 5.75 Å². The first-order chi connectivity index (χ1) is 7.65. The molecule has 0 saturated carbocycles. The predicted octanol–water partition coefficient (Wildman–Crippen LogP) is 2.59. The number of ether oxygens (including phenoxy) is 1. The van der Waals surface area contributed by atoms with Crippen molar-refractivity contribution in [3.05, 3.63) is 41.7 Å². The third-order valence-electron chi connectivity index (χ3n) is 2.03. The number of benzene rings is 1. The summed E-state index contributed by atoms with van der Waals surface area (Å²) >= 11 is 0. The smallest absolute Gasteiger partial charge is 0.322 e. The van der Waals surface area contributed by atoms with Crippen molar-refractivity contribution in [3.8, 4) is 17.5 Å². The summed E-state index contributed by atoms with van der Waals surface area (Å²) in [4.78, 5) is 8.25. The largest absolute Gasteiger partial charge is 0.504 e. The lowest BCUT2D eigenvalue weighted by Crippen LogP contribution is -1.95. The average Bonchev–Trinajstić information content (AvgIpc) is 2.20. The summed E-state index contributed by atoms with van der Waals surface area (Å²) in [5.74, 6) is 0.428. The molecule has 0 saturated heterocycles. The van der Waals surface area contributed by atoms with Gasteiger partial charge in [-0.1, -0.05) is 12.1 Å². The van der Waals surface area contributed by atoms with Crippen molar-refractivity contribution in [1.82, 2.24) is 9.97 Å². The molecule has 0 aliphatic carbocycles. The summed E-state index contributed by atoms with van der Waals surface area (Å²) in [5.41, 5.74) is 1.66. The Morgan fingerprint density at radius 2 is 1.69 bits per heavy atom. The second-order valence-corrected chi connectivity index (χ2v) is 3.50. The second-order valence-electron chi connectivity index (χ2n) is 3.50. The van der Waals surface area contributed by atoms with E-state index < -0.39 is 0 Å². The van der Waals surface area contributed by atoms with Crippen LogP contribution >= 0.6 is 0 Å². The number of aryl methyl sites for hydroxylation is 2. The Labute approximate surface area is 93.6 Å². The van der Waals surface area contributed by atoms with E-state index in [4.69, 9.17) is 4.74 Å². The molecule has 2 rings (SSSR count). The Bertz CT molecular complexity index is 492. The van der Waals surface area contributed by atoms with Gasteiger partial charge in [-0.25, -0.2) is 9.97 Å². The molecule has 1 aromatic carbocycles. The van der Waals surface area contributed by atoms with Crippen LogP contribution in [0.4, 0.5) is 0 Å². The molecule has 4 heteroatoms. The van der Waals surface area contributed by atoms with Crippen molar-refractivity contribution in [2.75, 3.05) is 0 Å². The van der Waals surface area contributed by atoms with E-state index in [9.17, 15) is 5.11 Å². The predicted molar refractivity (Wildman–Crippen MR) is 59.7 cm³/mol. The van der Waals surface area contributed by atoms with Gasteiger partial charge in [0.1, 0.15) is 0 Å². The molecule has 0 radical (unpaired) electrons. The monoisotopic (exact) mass is 216 g/mol. The molecule has 2 aromatic rings. The third kappa shape index (κ3) is 2.28. The van der Waals surface area contributed by atoms with Gasteiger partial charge in [0.2, 0.25) is 0 Å². The number of hydrogen-bond acceptors (Lipinski definition) is 4. The Morgan fingerprint density at radius 3 is 2.31 bits per heavy atom. The van der Waals surface area contributed by atoms with Crippen LogP contribution in [0.15, 0.2) is 30.3 Å². The van der Waals surface area contributed by atoms with E-state index in [0.717, 1.165) is 11.4 Å². The maximum atomic E-state index is 9.53. The Balaban J connectivity index is 2.30. The zero-order valence-electron chi connectivity index (χ0n) is 9.14. The van der Waals surface area contributed by atoms with E-state index in [1.165, 1.54) is 0 Å². The Hall–Kier alpha value is -2.10. The second kappa shape index (κ2) is 4.18. The van der Waals surface area contributed by atoms with E-state index in [1.807, 2.05) is 19.9 Å². The highest BCUT2D eigenvalue weighted by atomic mass is 16.5. The molecule has 0 aliphatic rings. The highest BCUT2D eigenvalue weighted by molar-refractivity contribution is 5.39. The molecule has 82 valence electrons. The van der Waals surface area contributed by atoms with E-state index in [1.54, 1.807) is 24.3 Å². The van der Waals surface area contributed by atoms with Gasteiger partial charge >= 0.3 is 6.01 Å². The minimum atomic E-state index is 0.0743. The lowest BCUT2D eigenvalue weighted by Gasteiger charge is -2.06. The lowest BCUT2D eigenvalue weighted by molar-refractivity contribution is 0.390. The van der Waals surface area contributed by atoms with Gasteiger partial charge in [-0.15, -0.1) is 0 Å². The lowest BCUT2D eigenvalue weighted by atomic mass is 10.3. The molecule has 1 heterocycles. The van der Waals surface area contributed by atoms with Crippen molar-refractivity contribution in [2.45, 2.75) is 13.8 Å². The fourth-order valence-electron chi connectivity index (χ4n) is 1.38. The van der Waals surface area contributed by atoms with Crippen LogP contribution in [0.3, 0.4) is 0 Å². The SMILES string of the molecule is Cc1cc(C)nc(Oc2ccccc2O)n1. The van der Waals surface area contributed by atoms with Gasteiger partial charge in [0, 0.05) is 11.4 Å². The fourth-order valence-corrected chi connectivity index (χ4v) is 1.38. The zero-order valence-corrected chi connectivity index (χ0v) is 9.14. The molecule has 16 heavy (non-hydrogen) atoms. The number of aromatic hydroxyl groups is 1. The van der Waals surface area contributed by atoms with Gasteiger partial charge in [-0.05, 0) is 32.0 Å². The quantitative estimate of drug-likeness (QED) is 0.838. The number of nitrogens with zero attached hydrogens (tertiary/aromatic N) is 2. The van der Waals surface area contributed by atoms with Crippen molar-refractivity contribution in [1.29, 1.82) is 0 Å². The van der Waals surface area contributed by atoms with Crippen LogP contribution in [0.5, 0.6) is 17.5 Å². The van der Waals surface area contributed by atoms with Crippen LogP contribution in [0.2, 0.25) is 0 Å². The number of para-hydroxylation sites is 2. The number of rotatable bonds is 2. The summed E-state index contributed by atoms with van der Waals surface area (Å²) in [7, 11) is 0.